The molecule has 0 bridgehead atoms. The zero-order valence-corrected chi connectivity index (χ0v) is 13.9. The van der Waals surface area contributed by atoms with Crippen molar-refractivity contribution in [2.24, 2.45) is 13.0 Å². The largest absolute Gasteiger partial charge is 1.00 e. The molecule has 6 nitrogen and oxygen atoms in total. The molecular weight excluding hydrogens is 373 g/mol. The maximum Gasteiger partial charge on any atom is 0.415 e. The van der Waals surface area contributed by atoms with Crippen molar-refractivity contribution in [3.05, 3.63) is 18.7 Å². The Hall–Kier alpha value is -1.12. The van der Waals surface area contributed by atoms with E-state index in [0.717, 1.165) is 0 Å². The number of nitrogens with zero attached hydrogens (tertiary/aromatic N) is 3. The number of hydrogen-bond acceptors (Lipinski definition) is 3. The Kier molecular flexibility index (Phi) is 6.44. The van der Waals surface area contributed by atoms with Crippen molar-refractivity contribution >= 4 is 12.0 Å². The van der Waals surface area contributed by atoms with Crippen molar-refractivity contribution in [1.29, 1.82) is 0 Å². The first-order chi connectivity index (χ1) is 9.11. The Morgan fingerprint density at radius 1 is 1.35 bits per heavy atom. The molecule has 1 aliphatic heterocycles. The minimum absolute atomic E-state index is 0. The number of halogens is 1. The van der Waals surface area contributed by atoms with E-state index in [4.69, 9.17) is 4.74 Å². The van der Waals surface area contributed by atoms with Gasteiger partial charge < -0.3 is 33.6 Å². The van der Waals surface area contributed by atoms with Crippen molar-refractivity contribution in [1.82, 2.24) is 9.47 Å². The van der Waals surface area contributed by atoms with Gasteiger partial charge in [0.1, 0.15) is 12.4 Å². The predicted octanol–water partition coefficient (Wildman–Crippen LogP) is -2.44. The molecule has 112 valence electrons. The first-order valence-electron chi connectivity index (χ1n) is 6.61. The SMILES string of the molecule is CCOC(=O)C1CCN(C(=O)n2cc[n+](C)c2)CC1.[I-]. The molecule has 0 atom stereocenters. The van der Waals surface area contributed by atoms with Crippen LogP contribution in [0, 0.1) is 5.92 Å². The fourth-order valence-electron chi connectivity index (χ4n) is 2.29. The van der Waals surface area contributed by atoms with E-state index in [-0.39, 0.29) is 41.9 Å². The molecule has 0 spiro atoms. The highest BCUT2D eigenvalue weighted by atomic mass is 127. The van der Waals surface area contributed by atoms with Gasteiger partial charge in [-0.2, -0.15) is 4.57 Å². The second-order valence-electron chi connectivity index (χ2n) is 4.78. The minimum atomic E-state index is -0.137. The first kappa shape index (κ1) is 16.9. The fraction of sp³-hybridized carbons (Fsp3) is 0.615. The normalized spacial score (nSPS) is 15.6. The lowest BCUT2D eigenvalue weighted by Crippen LogP contribution is -3.00. The van der Waals surface area contributed by atoms with Gasteiger partial charge in [-0.3, -0.25) is 4.79 Å². The molecule has 1 fully saturated rings. The number of imidazole rings is 1. The van der Waals surface area contributed by atoms with Gasteiger partial charge in [0, 0.05) is 13.1 Å². The summed E-state index contributed by atoms with van der Waals surface area (Å²) in [6, 6.07) is -0.0390. The van der Waals surface area contributed by atoms with E-state index in [0.29, 0.717) is 32.5 Å². The molecule has 0 radical (unpaired) electrons. The van der Waals surface area contributed by atoms with E-state index in [9.17, 15) is 9.59 Å². The standard InChI is InChI=1S/C13H20N3O3.HI/c1-3-19-12(17)11-4-6-15(7-5-11)13(18)16-9-8-14(2)10-16;/h8-11H,3-7H2,1-2H3;1H/q+1;/p-1. The van der Waals surface area contributed by atoms with E-state index in [1.807, 2.05) is 24.7 Å². The highest BCUT2D eigenvalue weighted by Gasteiger charge is 2.30. The summed E-state index contributed by atoms with van der Waals surface area (Å²) in [5.41, 5.74) is 0. The molecule has 1 aliphatic rings. The summed E-state index contributed by atoms with van der Waals surface area (Å²) in [6.45, 7) is 3.43. The minimum Gasteiger partial charge on any atom is -1.00 e. The number of aromatic nitrogens is 2. The Morgan fingerprint density at radius 3 is 2.50 bits per heavy atom. The molecule has 1 saturated heterocycles. The lowest BCUT2D eigenvalue weighted by atomic mass is 9.97. The van der Waals surface area contributed by atoms with Crippen molar-refractivity contribution in [3.63, 3.8) is 0 Å². The Bertz CT molecular complexity index is 467. The van der Waals surface area contributed by atoms with E-state index in [1.54, 1.807) is 22.0 Å². The molecule has 7 heteroatoms. The molecule has 0 aliphatic carbocycles. The molecule has 1 aromatic rings. The zero-order chi connectivity index (χ0) is 13.8. The molecule has 2 heterocycles. The molecule has 0 N–H and O–H groups in total. The van der Waals surface area contributed by atoms with Crippen molar-refractivity contribution in [2.45, 2.75) is 19.8 Å². The zero-order valence-electron chi connectivity index (χ0n) is 11.8. The first-order valence-corrected chi connectivity index (χ1v) is 6.61. The fourth-order valence-corrected chi connectivity index (χ4v) is 2.29. The smallest absolute Gasteiger partial charge is 0.415 e. The quantitative estimate of drug-likeness (QED) is 0.319. The van der Waals surface area contributed by atoms with Crippen molar-refractivity contribution in [3.8, 4) is 0 Å². The van der Waals surface area contributed by atoms with Gasteiger partial charge in [0.25, 0.3) is 6.33 Å². The Balaban J connectivity index is 0.00000200. The number of rotatable bonds is 2. The van der Waals surface area contributed by atoms with Gasteiger partial charge >= 0.3 is 12.0 Å². The average molecular weight is 393 g/mol. The van der Waals surface area contributed by atoms with Gasteiger partial charge in [-0.1, -0.05) is 0 Å². The summed E-state index contributed by atoms with van der Waals surface area (Å²) >= 11 is 0. The van der Waals surface area contributed by atoms with Crippen LogP contribution in [0.3, 0.4) is 0 Å². The summed E-state index contributed by atoms with van der Waals surface area (Å²) in [5.74, 6) is -0.202. The van der Waals surface area contributed by atoms with Gasteiger partial charge in [0.15, 0.2) is 0 Å². The number of aryl methyl sites for hydroxylation is 1. The number of carbonyl (C=O) groups excluding carboxylic acids is 2. The molecule has 1 amide bonds. The molecule has 20 heavy (non-hydrogen) atoms. The van der Waals surface area contributed by atoms with Crippen LogP contribution in [0.2, 0.25) is 0 Å². The summed E-state index contributed by atoms with van der Waals surface area (Å²) in [7, 11) is 1.87. The lowest BCUT2D eigenvalue weighted by molar-refractivity contribution is -0.670. The molecule has 0 saturated carbocycles. The Morgan fingerprint density at radius 2 is 2.00 bits per heavy atom. The summed E-state index contributed by atoms with van der Waals surface area (Å²) in [4.78, 5) is 25.6. The maximum absolute atomic E-state index is 12.2. The van der Waals surface area contributed by atoms with Crippen molar-refractivity contribution < 1.29 is 42.9 Å². The lowest BCUT2D eigenvalue weighted by Gasteiger charge is -2.28. The van der Waals surface area contributed by atoms with Gasteiger partial charge in [0.2, 0.25) is 0 Å². The Labute approximate surface area is 135 Å². The average Bonchev–Trinajstić information content (AvgIpc) is 2.85. The molecule has 2 rings (SSSR count). The third-order valence-corrected chi connectivity index (χ3v) is 3.38. The van der Waals surface area contributed by atoms with E-state index >= 15 is 0 Å². The van der Waals surface area contributed by atoms with Gasteiger partial charge in [-0.25, -0.2) is 9.36 Å². The van der Waals surface area contributed by atoms with Crippen LogP contribution in [0.25, 0.3) is 0 Å². The molecular formula is C13H20IN3O3. The van der Waals surface area contributed by atoms with Crippen LogP contribution >= 0.6 is 0 Å². The topological polar surface area (TPSA) is 55.4 Å². The number of piperidine rings is 1. The summed E-state index contributed by atoms with van der Waals surface area (Å²) in [6.07, 6.45) is 6.65. The van der Waals surface area contributed by atoms with Gasteiger partial charge in [0.05, 0.1) is 19.6 Å². The number of amides is 1. The van der Waals surface area contributed by atoms with Crippen LogP contribution in [0.1, 0.15) is 19.8 Å². The third kappa shape index (κ3) is 3.94. The van der Waals surface area contributed by atoms with Crippen LogP contribution in [-0.4, -0.2) is 41.2 Å². The molecule has 1 aromatic heterocycles. The van der Waals surface area contributed by atoms with Crippen LogP contribution in [-0.2, 0) is 16.6 Å². The number of carbonyl (C=O) groups is 2. The number of likely N-dealkylation sites (tertiary alicyclic amines) is 1. The monoisotopic (exact) mass is 393 g/mol. The van der Waals surface area contributed by atoms with Gasteiger partial charge in [-0.15, -0.1) is 0 Å². The number of esters is 1. The molecule has 0 aromatic carbocycles. The summed E-state index contributed by atoms with van der Waals surface area (Å²) in [5, 5.41) is 0. The summed E-state index contributed by atoms with van der Waals surface area (Å²) < 4.78 is 8.40. The second kappa shape index (κ2) is 7.61. The van der Waals surface area contributed by atoms with Crippen LogP contribution in [0.15, 0.2) is 18.7 Å². The predicted molar refractivity (Wildman–Crippen MR) is 67.3 cm³/mol. The van der Waals surface area contributed by atoms with Crippen LogP contribution in [0.5, 0.6) is 0 Å². The van der Waals surface area contributed by atoms with E-state index in [1.165, 1.54) is 0 Å². The highest BCUT2D eigenvalue weighted by molar-refractivity contribution is 5.77. The highest BCUT2D eigenvalue weighted by Crippen LogP contribution is 2.19. The third-order valence-electron chi connectivity index (χ3n) is 3.38. The van der Waals surface area contributed by atoms with Crippen LogP contribution in [0.4, 0.5) is 4.79 Å². The molecule has 0 unspecified atom stereocenters. The van der Waals surface area contributed by atoms with Gasteiger partial charge in [-0.05, 0) is 19.8 Å². The second-order valence-corrected chi connectivity index (χ2v) is 4.78. The van der Waals surface area contributed by atoms with Crippen LogP contribution < -0.4 is 28.5 Å². The number of hydrogen-bond donors (Lipinski definition) is 0. The number of ether oxygens (including phenoxy) is 1. The van der Waals surface area contributed by atoms with E-state index in [2.05, 4.69) is 0 Å². The van der Waals surface area contributed by atoms with E-state index < -0.39 is 0 Å². The van der Waals surface area contributed by atoms with Crippen molar-refractivity contribution in [2.75, 3.05) is 19.7 Å². The maximum atomic E-state index is 12.2.